The predicted molar refractivity (Wildman–Crippen MR) is 147 cm³/mol. The third-order valence-corrected chi connectivity index (χ3v) is 7.93. The van der Waals surface area contributed by atoms with Crippen molar-refractivity contribution < 1.29 is 22.4 Å². The van der Waals surface area contributed by atoms with Gasteiger partial charge in [0.1, 0.15) is 18.4 Å². The number of rotatable bonds is 13. The predicted octanol–water partition coefficient (Wildman–Crippen LogP) is 4.40. The van der Waals surface area contributed by atoms with E-state index in [1.165, 1.54) is 17.0 Å². The molecule has 0 heterocycles. The molecular weight excluding hydrogens is 505 g/mol. The lowest BCUT2D eigenvalue weighted by Crippen LogP contribution is -2.53. The smallest absolute Gasteiger partial charge is 0.264 e. The van der Waals surface area contributed by atoms with Gasteiger partial charge in [0, 0.05) is 13.1 Å². The Bertz CT molecular complexity index is 1290. The molecule has 0 fully saturated rings. The summed E-state index contributed by atoms with van der Waals surface area (Å²) in [6, 6.07) is 21.6. The number of carbonyl (C=O) groups excluding carboxylic acids is 2. The number of hydrogen-bond acceptors (Lipinski definition) is 4. The second kappa shape index (κ2) is 13.7. The number of nitrogens with zero attached hydrogens (tertiary/aromatic N) is 2. The van der Waals surface area contributed by atoms with Gasteiger partial charge in [-0.25, -0.2) is 12.8 Å². The van der Waals surface area contributed by atoms with Crippen LogP contribution in [0.15, 0.2) is 89.8 Å². The third-order valence-electron chi connectivity index (χ3n) is 6.14. The fourth-order valence-electron chi connectivity index (χ4n) is 4.12. The number of para-hydroxylation sites is 1. The van der Waals surface area contributed by atoms with Gasteiger partial charge in [-0.05, 0) is 61.2 Å². The van der Waals surface area contributed by atoms with Crippen LogP contribution in [-0.4, -0.2) is 50.8 Å². The van der Waals surface area contributed by atoms with Gasteiger partial charge in [-0.15, -0.1) is 0 Å². The van der Waals surface area contributed by atoms with E-state index in [0.717, 1.165) is 28.4 Å². The van der Waals surface area contributed by atoms with Gasteiger partial charge in [-0.3, -0.25) is 13.9 Å². The van der Waals surface area contributed by atoms with E-state index in [0.29, 0.717) is 19.4 Å². The number of hydrogen-bond donors (Lipinski definition) is 1. The van der Waals surface area contributed by atoms with E-state index >= 15 is 0 Å². The van der Waals surface area contributed by atoms with Gasteiger partial charge in [0.25, 0.3) is 10.0 Å². The van der Waals surface area contributed by atoms with E-state index in [-0.39, 0.29) is 23.0 Å². The standard InChI is InChI=1S/C29H34FN3O4S/c1-3-20-31-29(35)27(4-2)32(21-19-23-11-7-5-8-12-23)28(34)22-33(25-13-9-6-10-14-25)38(36,37)26-17-15-24(30)16-18-26/h5-18,27H,3-4,19-22H2,1-2H3,(H,31,35). The maximum atomic E-state index is 13.8. The van der Waals surface area contributed by atoms with E-state index in [2.05, 4.69) is 5.32 Å². The number of halogens is 1. The maximum absolute atomic E-state index is 13.8. The molecule has 3 aromatic rings. The molecule has 7 nitrogen and oxygen atoms in total. The van der Waals surface area contributed by atoms with Crippen molar-refractivity contribution in [3.63, 3.8) is 0 Å². The minimum Gasteiger partial charge on any atom is -0.354 e. The molecule has 0 aliphatic carbocycles. The molecule has 2 amide bonds. The molecule has 3 rings (SSSR count). The number of amides is 2. The van der Waals surface area contributed by atoms with Crippen LogP contribution in [0.2, 0.25) is 0 Å². The number of benzene rings is 3. The topological polar surface area (TPSA) is 86.8 Å². The van der Waals surface area contributed by atoms with E-state index in [1.807, 2.05) is 44.2 Å². The molecule has 0 aromatic heterocycles. The van der Waals surface area contributed by atoms with Crippen LogP contribution in [0.4, 0.5) is 10.1 Å². The Morgan fingerprint density at radius 1 is 0.895 bits per heavy atom. The summed E-state index contributed by atoms with van der Waals surface area (Å²) in [6.45, 7) is 3.96. The van der Waals surface area contributed by atoms with E-state index < -0.39 is 34.3 Å². The first-order chi connectivity index (χ1) is 18.3. The summed E-state index contributed by atoms with van der Waals surface area (Å²) in [5.41, 5.74) is 1.28. The molecule has 1 unspecified atom stereocenters. The van der Waals surface area contributed by atoms with Crippen molar-refractivity contribution in [3.8, 4) is 0 Å². The van der Waals surface area contributed by atoms with E-state index in [1.54, 1.807) is 30.3 Å². The van der Waals surface area contributed by atoms with Crippen LogP contribution in [0, 0.1) is 5.82 Å². The van der Waals surface area contributed by atoms with E-state index in [9.17, 15) is 22.4 Å². The summed E-state index contributed by atoms with van der Waals surface area (Å²) < 4.78 is 41.8. The summed E-state index contributed by atoms with van der Waals surface area (Å²) in [4.78, 5) is 28.2. The third kappa shape index (κ3) is 7.41. The molecule has 9 heteroatoms. The quantitative estimate of drug-likeness (QED) is 0.349. The first kappa shape index (κ1) is 28.8. The van der Waals surface area contributed by atoms with Gasteiger partial charge in [0.2, 0.25) is 11.8 Å². The molecule has 1 atom stereocenters. The van der Waals surface area contributed by atoms with Gasteiger partial charge in [-0.2, -0.15) is 0 Å². The van der Waals surface area contributed by atoms with Crippen molar-refractivity contribution >= 4 is 27.5 Å². The normalized spacial score (nSPS) is 12.0. The average molecular weight is 540 g/mol. The van der Waals surface area contributed by atoms with Crippen molar-refractivity contribution in [3.05, 3.63) is 96.3 Å². The van der Waals surface area contributed by atoms with Crippen LogP contribution in [0.25, 0.3) is 0 Å². The largest absolute Gasteiger partial charge is 0.354 e. The molecule has 0 aliphatic rings. The van der Waals surface area contributed by atoms with Gasteiger partial charge in [-0.1, -0.05) is 62.4 Å². The summed E-state index contributed by atoms with van der Waals surface area (Å²) in [5.74, 6) is -1.35. The monoisotopic (exact) mass is 539 g/mol. The van der Waals surface area contributed by atoms with Crippen molar-refractivity contribution in [2.45, 2.75) is 44.0 Å². The Hall–Kier alpha value is -3.72. The highest BCUT2D eigenvalue weighted by Gasteiger charge is 2.33. The molecule has 0 radical (unpaired) electrons. The summed E-state index contributed by atoms with van der Waals surface area (Å²) in [5, 5.41) is 2.86. The fraction of sp³-hybridized carbons (Fsp3) is 0.310. The lowest BCUT2D eigenvalue weighted by atomic mass is 10.1. The highest BCUT2D eigenvalue weighted by Crippen LogP contribution is 2.24. The van der Waals surface area contributed by atoms with Crippen LogP contribution in [0.5, 0.6) is 0 Å². The molecule has 3 aromatic carbocycles. The Kier molecular flexibility index (Phi) is 10.4. The molecule has 0 aliphatic heterocycles. The molecule has 1 N–H and O–H groups in total. The Morgan fingerprint density at radius 2 is 1.50 bits per heavy atom. The molecule has 38 heavy (non-hydrogen) atoms. The number of nitrogens with one attached hydrogen (secondary N) is 1. The van der Waals surface area contributed by atoms with Crippen molar-refractivity contribution in [1.29, 1.82) is 0 Å². The van der Waals surface area contributed by atoms with Crippen LogP contribution >= 0.6 is 0 Å². The number of sulfonamides is 1. The lowest BCUT2D eigenvalue weighted by Gasteiger charge is -2.33. The maximum Gasteiger partial charge on any atom is 0.264 e. The van der Waals surface area contributed by atoms with E-state index in [4.69, 9.17) is 0 Å². The molecule has 0 saturated carbocycles. The van der Waals surface area contributed by atoms with Gasteiger partial charge >= 0.3 is 0 Å². The molecule has 0 bridgehead atoms. The molecule has 202 valence electrons. The van der Waals surface area contributed by atoms with Crippen LogP contribution < -0.4 is 9.62 Å². The van der Waals surface area contributed by atoms with Crippen molar-refractivity contribution in [2.24, 2.45) is 0 Å². The summed E-state index contributed by atoms with van der Waals surface area (Å²) >= 11 is 0. The minimum atomic E-state index is -4.21. The zero-order chi connectivity index (χ0) is 27.5. The van der Waals surface area contributed by atoms with Gasteiger partial charge < -0.3 is 10.2 Å². The zero-order valence-electron chi connectivity index (χ0n) is 21.7. The first-order valence-corrected chi connectivity index (χ1v) is 14.2. The first-order valence-electron chi connectivity index (χ1n) is 12.7. The summed E-state index contributed by atoms with van der Waals surface area (Å²) in [6.07, 6.45) is 1.62. The fourth-order valence-corrected chi connectivity index (χ4v) is 5.53. The highest BCUT2D eigenvalue weighted by molar-refractivity contribution is 7.92. The number of carbonyl (C=O) groups is 2. The van der Waals surface area contributed by atoms with Crippen molar-refractivity contribution in [1.82, 2.24) is 10.2 Å². The Balaban J connectivity index is 1.96. The Morgan fingerprint density at radius 3 is 2.08 bits per heavy atom. The Labute approximate surface area is 224 Å². The minimum absolute atomic E-state index is 0.140. The van der Waals surface area contributed by atoms with Crippen LogP contribution in [-0.2, 0) is 26.0 Å². The average Bonchev–Trinajstić information content (AvgIpc) is 2.93. The lowest BCUT2D eigenvalue weighted by molar-refractivity contribution is -0.139. The van der Waals surface area contributed by atoms with Crippen molar-refractivity contribution in [2.75, 3.05) is 23.9 Å². The second-order valence-corrected chi connectivity index (χ2v) is 10.7. The summed E-state index contributed by atoms with van der Waals surface area (Å²) in [7, 11) is -4.21. The molecule has 0 spiro atoms. The zero-order valence-corrected chi connectivity index (χ0v) is 22.5. The van der Waals surface area contributed by atoms with Gasteiger partial charge in [0.05, 0.1) is 10.6 Å². The molecule has 0 saturated heterocycles. The highest BCUT2D eigenvalue weighted by atomic mass is 32.2. The van der Waals surface area contributed by atoms with Crippen LogP contribution in [0.3, 0.4) is 0 Å². The number of anilines is 1. The SMILES string of the molecule is CCCNC(=O)C(CC)N(CCc1ccccc1)C(=O)CN(c1ccccc1)S(=O)(=O)c1ccc(F)cc1. The molecular formula is C29H34FN3O4S. The second-order valence-electron chi connectivity index (χ2n) is 8.84. The van der Waals surface area contributed by atoms with Gasteiger partial charge in [0.15, 0.2) is 0 Å². The van der Waals surface area contributed by atoms with Crippen LogP contribution in [0.1, 0.15) is 32.3 Å².